The van der Waals surface area contributed by atoms with E-state index in [0.717, 1.165) is 0 Å². The number of carbonyl (C=O) groups is 2. The number of benzene rings is 1. The van der Waals surface area contributed by atoms with Crippen molar-refractivity contribution in [3.8, 4) is 0 Å². The van der Waals surface area contributed by atoms with Crippen LogP contribution in [0.1, 0.15) is 37.6 Å². The Morgan fingerprint density at radius 1 is 1.14 bits per heavy atom. The first kappa shape index (κ1) is 21.6. The van der Waals surface area contributed by atoms with E-state index in [0.29, 0.717) is 43.9 Å². The van der Waals surface area contributed by atoms with E-state index < -0.39 is 21.5 Å². The second kappa shape index (κ2) is 8.31. The third-order valence-corrected chi connectivity index (χ3v) is 6.83. The molecular formula is C20H29N3O5S. The number of piperazine rings is 1. The molecule has 9 heteroatoms. The van der Waals surface area contributed by atoms with Crippen molar-refractivity contribution in [2.45, 2.75) is 38.8 Å². The van der Waals surface area contributed by atoms with Crippen molar-refractivity contribution in [1.29, 1.82) is 0 Å². The molecule has 1 N–H and O–H groups in total. The number of amides is 2. The van der Waals surface area contributed by atoms with E-state index in [4.69, 9.17) is 4.74 Å². The first-order valence-corrected chi connectivity index (χ1v) is 11.7. The van der Waals surface area contributed by atoms with Gasteiger partial charge in [0.05, 0.1) is 11.5 Å². The zero-order valence-corrected chi connectivity index (χ0v) is 18.0. The van der Waals surface area contributed by atoms with Crippen LogP contribution in [0.5, 0.6) is 0 Å². The summed E-state index contributed by atoms with van der Waals surface area (Å²) in [5, 5.41) is 2.65. The highest BCUT2D eigenvalue weighted by atomic mass is 32.2. The molecule has 2 fully saturated rings. The molecule has 1 unspecified atom stereocenters. The van der Waals surface area contributed by atoms with Gasteiger partial charge in [0.25, 0.3) is 5.91 Å². The zero-order valence-electron chi connectivity index (χ0n) is 17.2. The average Bonchev–Trinajstić information content (AvgIpc) is 3.00. The maximum Gasteiger partial charge on any atom is 0.412 e. The van der Waals surface area contributed by atoms with Crippen LogP contribution >= 0.6 is 0 Å². The van der Waals surface area contributed by atoms with E-state index in [-0.39, 0.29) is 23.5 Å². The fourth-order valence-electron chi connectivity index (χ4n) is 3.69. The largest absolute Gasteiger partial charge is 0.444 e. The summed E-state index contributed by atoms with van der Waals surface area (Å²) in [6.07, 6.45) is 0.108. The summed E-state index contributed by atoms with van der Waals surface area (Å²) in [5.74, 6) is 0.379. The van der Waals surface area contributed by atoms with Gasteiger partial charge in [-0.3, -0.25) is 15.0 Å². The van der Waals surface area contributed by atoms with Gasteiger partial charge < -0.3 is 9.64 Å². The highest BCUT2D eigenvalue weighted by molar-refractivity contribution is 7.91. The summed E-state index contributed by atoms with van der Waals surface area (Å²) >= 11 is 0. The van der Waals surface area contributed by atoms with E-state index >= 15 is 0 Å². The number of sulfone groups is 1. The van der Waals surface area contributed by atoms with Crippen LogP contribution in [0.25, 0.3) is 0 Å². The number of carbonyl (C=O) groups excluding carboxylic acids is 2. The molecule has 29 heavy (non-hydrogen) atoms. The van der Waals surface area contributed by atoms with E-state index in [9.17, 15) is 18.0 Å². The molecule has 2 aliphatic heterocycles. The van der Waals surface area contributed by atoms with E-state index in [1.807, 2.05) is 0 Å². The van der Waals surface area contributed by atoms with Crippen molar-refractivity contribution in [1.82, 2.24) is 9.80 Å². The molecule has 2 saturated heterocycles. The van der Waals surface area contributed by atoms with Crippen molar-refractivity contribution in [3.63, 3.8) is 0 Å². The van der Waals surface area contributed by atoms with Crippen LogP contribution in [0.2, 0.25) is 0 Å². The van der Waals surface area contributed by atoms with Crippen molar-refractivity contribution in [3.05, 3.63) is 29.8 Å². The minimum Gasteiger partial charge on any atom is -0.444 e. The predicted molar refractivity (Wildman–Crippen MR) is 111 cm³/mol. The van der Waals surface area contributed by atoms with Gasteiger partial charge >= 0.3 is 6.09 Å². The number of ether oxygens (including phenoxy) is 1. The van der Waals surface area contributed by atoms with Gasteiger partial charge in [0.2, 0.25) is 0 Å². The molecule has 3 rings (SSSR count). The third-order valence-electron chi connectivity index (χ3n) is 5.08. The molecule has 1 atom stereocenters. The number of anilines is 1. The van der Waals surface area contributed by atoms with Crippen molar-refractivity contribution < 1.29 is 22.7 Å². The first-order valence-electron chi connectivity index (χ1n) is 9.86. The highest BCUT2D eigenvalue weighted by Crippen LogP contribution is 2.21. The Bertz CT molecular complexity index is 870. The Hall–Kier alpha value is -2.13. The average molecular weight is 424 g/mol. The van der Waals surface area contributed by atoms with E-state index in [1.54, 1.807) is 49.9 Å². The zero-order chi connectivity index (χ0) is 21.2. The number of rotatable bonds is 3. The summed E-state index contributed by atoms with van der Waals surface area (Å²) in [7, 11) is -2.91. The summed E-state index contributed by atoms with van der Waals surface area (Å²) in [6, 6.07) is 6.86. The summed E-state index contributed by atoms with van der Waals surface area (Å²) < 4.78 is 28.6. The van der Waals surface area contributed by atoms with Gasteiger partial charge in [0.15, 0.2) is 9.84 Å². The van der Waals surface area contributed by atoms with Gasteiger partial charge in [-0.1, -0.05) is 6.07 Å². The Kier molecular flexibility index (Phi) is 6.19. The molecule has 0 aliphatic carbocycles. The Morgan fingerprint density at radius 2 is 1.83 bits per heavy atom. The number of hydrogen-bond acceptors (Lipinski definition) is 6. The smallest absolute Gasteiger partial charge is 0.412 e. The molecular weight excluding hydrogens is 394 g/mol. The fraction of sp³-hybridized carbons (Fsp3) is 0.600. The Morgan fingerprint density at radius 3 is 2.41 bits per heavy atom. The van der Waals surface area contributed by atoms with Gasteiger partial charge in [-0.05, 0) is 45.4 Å². The molecule has 0 radical (unpaired) electrons. The van der Waals surface area contributed by atoms with Crippen LogP contribution in [0, 0.1) is 0 Å². The molecule has 0 saturated carbocycles. The Balaban J connectivity index is 1.57. The SMILES string of the molecule is CC(C)(C)OC(=O)Nc1cccc(C(=O)N2CCN(C3CCS(=O)(=O)C3)CC2)c1. The standard InChI is InChI=1S/C20H29N3O5S/c1-20(2,3)28-19(25)21-16-6-4-5-15(13-16)18(24)23-10-8-22(9-11-23)17-7-12-29(26,27)14-17/h4-6,13,17H,7-12,14H2,1-3H3,(H,21,25). The minimum atomic E-state index is -2.91. The molecule has 1 aromatic rings. The molecule has 2 heterocycles. The van der Waals surface area contributed by atoms with Gasteiger partial charge in [0, 0.05) is 43.5 Å². The minimum absolute atomic E-state index is 0.0682. The van der Waals surface area contributed by atoms with Gasteiger partial charge in [-0.2, -0.15) is 0 Å². The topological polar surface area (TPSA) is 96.0 Å². The molecule has 1 aromatic carbocycles. The molecule has 8 nitrogen and oxygen atoms in total. The summed E-state index contributed by atoms with van der Waals surface area (Å²) in [4.78, 5) is 28.8. The van der Waals surface area contributed by atoms with Crippen LogP contribution in [-0.4, -0.2) is 79.5 Å². The van der Waals surface area contributed by atoms with Crippen LogP contribution in [0.15, 0.2) is 24.3 Å². The van der Waals surface area contributed by atoms with Gasteiger partial charge in [-0.15, -0.1) is 0 Å². The van der Waals surface area contributed by atoms with Crippen LogP contribution in [0.3, 0.4) is 0 Å². The highest BCUT2D eigenvalue weighted by Gasteiger charge is 2.34. The van der Waals surface area contributed by atoms with Crippen molar-refractivity contribution >= 4 is 27.5 Å². The second-order valence-electron chi connectivity index (χ2n) is 8.59. The summed E-state index contributed by atoms with van der Waals surface area (Å²) in [6.45, 7) is 7.80. The quantitative estimate of drug-likeness (QED) is 0.799. The lowest BCUT2D eigenvalue weighted by molar-refractivity contribution is 0.0585. The van der Waals surface area contributed by atoms with Gasteiger partial charge in [-0.25, -0.2) is 13.2 Å². The maximum atomic E-state index is 12.9. The Labute approximate surface area is 172 Å². The number of nitrogens with one attached hydrogen (secondary N) is 1. The molecule has 2 aliphatic rings. The van der Waals surface area contributed by atoms with E-state index in [2.05, 4.69) is 10.2 Å². The number of nitrogens with zero attached hydrogens (tertiary/aromatic N) is 2. The van der Waals surface area contributed by atoms with E-state index in [1.165, 1.54) is 0 Å². The lowest BCUT2D eigenvalue weighted by Gasteiger charge is -2.37. The molecule has 160 valence electrons. The lowest BCUT2D eigenvalue weighted by atomic mass is 10.1. The lowest BCUT2D eigenvalue weighted by Crippen LogP contribution is -2.52. The first-order chi connectivity index (χ1) is 13.5. The van der Waals surface area contributed by atoms with Crippen LogP contribution in [-0.2, 0) is 14.6 Å². The van der Waals surface area contributed by atoms with Gasteiger partial charge in [0.1, 0.15) is 5.60 Å². The molecule has 0 aromatic heterocycles. The van der Waals surface area contributed by atoms with Crippen LogP contribution < -0.4 is 5.32 Å². The fourth-order valence-corrected chi connectivity index (χ4v) is 5.45. The molecule has 0 spiro atoms. The second-order valence-corrected chi connectivity index (χ2v) is 10.8. The maximum absolute atomic E-state index is 12.9. The normalized spacial score (nSPS) is 22.3. The van der Waals surface area contributed by atoms with Crippen LogP contribution in [0.4, 0.5) is 10.5 Å². The molecule has 0 bridgehead atoms. The van der Waals surface area contributed by atoms with Crippen molar-refractivity contribution in [2.24, 2.45) is 0 Å². The summed E-state index contributed by atoms with van der Waals surface area (Å²) in [5.41, 5.74) is 0.394. The third kappa shape index (κ3) is 5.93. The predicted octanol–water partition coefficient (Wildman–Crippen LogP) is 1.98. The number of hydrogen-bond donors (Lipinski definition) is 1. The monoisotopic (exact) mass is 423 g/mol. The van der Waals surface area contributed by atoms with Crippen molar-refractivity contribution in [2.75, 3.05) is 43.0 Å². The molecule has 2 amide bonds.